The van der Waals surface area contributed by atoms with E-state index in [0.717, 1.165) is 11.4 Å². The van der Waals surface area contributed by atoms with E-state index < -0.39 is 5.79 Å². The molecule has 0 amide bonds. The Balaban J connectivity index is 2.21. The second-order valence-electron chi connectivity index (χ2n) is 3.73. The van der Waals surface area contributed by atoms with Gasteiger partial charge in [-0.15, -0.1) is 0 Å². The molecule has 1 aliphatic heterocycles. The number of nitrogens with zero attached hydrogens (tertiary/aromatic N) is 3. The van der Waals surface area contributed by atoms with Crippen LogP contribution in [-0.4, -0.2) is 23.1 Å². The maximum atomic E-state index is 5.99. The van der Waals surface area contributed by atoms with Gasteiger partial charge in [-0.25, -0.2) is 9.98 Å². The van der Waals surface area contributed by atoms with Crippen molar-refractivity contribution in [2.24, 2.45) is 21.5 Å². The average molecular weight is 218 g/mol. The van der Waals surface area contributed by atoms with E-state index in [9.17, 15) is 0 Å². The van der Waals surface area contributed by atoms with Crippen molar-refractivity contribution < 1.29 is 0 Å². The molecule has 2 heterocycles. The number of aryl methyl sites for hydroxylation is 1. The highest BCUT2D eigenvalue weighted by Crippen LogP contribution is 2.13. The molecule has 0 bridgehead atoms. The Morgan fingerprint density at radius 1 is 1.44 bits per heavy atom. The minimum absolute atomic E-state index is 0.269. The quantitative estimate of drug-likeness (QED) is 0.622. The first kappa shape index (κ1) is 10.6. The summed E-state index contributed by atoms with van der Waals surface area (Å²) in [5.74, 6) is -0.777. The number of rotatable bonds is 2. The van der Waals surface area contributed by atoms with Crippen molar-refractivity contribution >= 4 is 12.3 Å². The first-order valence-corrected chi connectivity index (χ1v) is 4.94. The van der Waals surface area contributed by atoms with Crippen LogP contribution in [-0.2, 0) is 6.42 Å². The zero-order valence-corrected chi connectivity index (χ0v) is 9.01. The van der Waals surface area contributed by atoms with E-state index in [1.54, 1.807) is 0 Å². The third-order valence-corrected chi connectivity index (χ3v) is 2.20. The highest BCUT2D eigenvalue weighted by molar-refractivity contribution is 5.90. The fourth-order valence-corrected chi connectivity index (χ4v) is 1.53. The van der Waals surface area contributed by atoms with Gasteiger partial charge < -0.3 is 11.1 Å². The average Bonchev–Trinajstić information content (AvgIpc) is 2.16. The SMILES string of the molecule is Cc1cccc(CC2(N)N=CNC(N)=N2)n1. The molecule has 1 aromatic rings. The van der Waals surface area contributed by atoms with Crippen LogP contribution in [0.1, 0.15) is 11.4 Å². The third-order valence-electron chi connectivity index (χ3n) is 2.20. The summed E-state index contributed by atoms with van der Waals surface area (Å²) >= 11 is 0. The molecule has 0 radical (unpaired) electrons. The second-order valence-corrected chi connectivity index (χ2v) is 3.73. The van der Waals surface area contributed by atoms with E-state index in [1.807, 2.05) is 25.1 Å². The largest absolute Gasteiger partial charge is 0.370 e. The summed E-state index contributed by atoms with van der Waals surface area (Å²) in [5, 5.41) is 2.67. The van der Waals surface area contributed by atoms with Crippen LogP contribution in [0.2, 0.25) is 0 Å². The van der Waals surface area contributed by atoms with Crippen LogP contribution in [0.5, 0.6) is 0 Å². The predicted octanol–water partition coefficient (Wildman–Crippen LogP) is -0.509. The summed E-state index contributed by atoms with van der Waals surface area (Å²) in [6.45, 7) is 1.93. The van der Waals surface area contributed by atoms with Gasteiger partial charge >= 0.3 is 0 Å². The molecule has 16 heavy (non-hydrogen) atoms. The molecule has 1 aliphatic rings. The lowest BCUT2D eigenvalue weighted by Crippen LogP contribution is -2.47. The molecule has 0 spiro atoms. The zero-order chi connectivity index (χ0) is 11.6. The lowest BCUT2D eigenvalue weighted by Gasteiger charge is -2.23. The second kappa shape index (κ2) is 3.90. The molecule has 84 valence electrons. The minimum Gasteiger partial charge on any atom is -0.370 e. The number of aliphatic imine (C=N–C) groups is 2. The lowest BCUT2D eigenvalue weighted by molar-refractivity contribution is 0.455. The van der Waals surface area contributed by atoms with Crippen LogP contribution in [0.15, 0.2) is 28.2 Å². The van der Waals surface area contributed by atoms with Gasteiger partial charge in [0.1, 0.15) is 0 Å². The van der Waals surface area contributed by atoms with E-state index in [0.29, 0.717) is 6.42 Å². The topological polar surface area (TPSA) is 102 Å². The molecule has 6 heteroatoms. The molecule has 0 saturated heterocycles. The van der Waals surface area contributed by atoms with Gasteiger partial charge in [-0.2, -0.15) is 0 Å². The van der Waals surface area contributed by atoms with E-state index >= 15 is 0 Å². The first-order chi connectivity index (χ1) is 7.57. The van der Waals surface area contributed by atoms with Crippen LogP contribution in [0.4, 0.5) is 0 Å². The Morgan fingerprint density at radius 2 is 2.25 bits per heavy atom. The van der Waals surface area contributed by atoms with Gasteiger partial charge in [0.05, 0.1) is 6.34 Å². The number of guanidine groups is 1. The molecule has 0 saturated carbocycles. The number of aromatic nitrogens is 1. The number of hydrogen-bond donors (Lipinski definition) is 3. The highest BCUT2D eigenvalue weighted by Gasteiger charge is 2.26. The number of pyridine rings is 1. The van der Waals surface area contributed by atoms with Crippen molar-refractivity contribution in [1.29, 1.82) is 0 Å². The van der Waals surface area contributed by atoms with Crippen molar-refractivity contribution in [2.75, 3.05) is 0 Å². The maximum Gasteiger partial charge on any atom is 0.212 e. The van der Waals surface area contributed by atoms with Gasteiger partial charge in [-0.05, 0) is 19.1 Å². The van der Waals surface area contributed by atoms with Gasteiger partial charge in [0.15, 0.2) is 5.96 Å². The normalized spacial score (nSPS) is 23.8. The predicted molar refractivity (Wildman–Crippen MR) is 62.8 cm³/mol. The van der Waals surface area contributed by atoms with Crippen molar-refractivity contribution in [1.82, 2.24) is 10.3 Å². The zero-order valence-electron chi connectivity index (χ0n) is 9.01. The fourth-order valence-electron chi connectivity index (χ4n) is 1.53. The molecule has 5 N–H and O–H groups in total. The minimum atomic E-state index is -1.05. The molecule has 0 fully saturated rings. The van der Waals surface area contributed by atoms with Gasteiger partial charge in [0.2, 0.25) is 5.79 Å². The molecular weight excluding hydrogens is 204 g/mol. The monoisotopic (exact) mass is 218 g/mol. The summed E-state index contributed by atoms with van der Waals surface area (Å²) in [7, 11) is 0. The number of nitrogens with two attached hydrogens (primary N) is 2. The Kier molecular flexibility index (Phi) is 2.57. The summed E-state index contributed by atoms with van der Waals surface area (Å²) in [4.78, 5) is 12.5. The Labute approximate surface area is 93.5 Å². The van der Waals surface area contributed by atoms with Gasteiger partial charge in [-0.3, -0.25) is 10.7 Å². The smallest absolute Gasteiger partial charge is 0.212 e. The van der Waals surface area contributed by atoms with E-state index in [-0.39, 0.29) is 5.96 Å². The molecule has 1 unspecified atom stereocenters. The van der Waals surface area contributed by atoms with Crippen LogP contribution < -0.4 is 16.8 Å². The third kappa shape index (κ3) is 2.34. The molecule has 1 atom stereocenters. The Bertz CT molecular complexity index is 452. The van der Waals surface area contributed by atoms with Crippen molar-refractivity contribution in [2.45, 2.75) is 19.1 Å². The molecule has 6 nitrogen and oxygen atoms in total. The number of nitrogens with one attached hydrogen (secondary N) is 1. The first-order valence-electron chi connectivity index (χ1n) is 4.94. The molecule has 0 aliphatic carbocycles. The summed E-state index contributed by atoms with van der Waals surface area (Å²) < 4.78 is 0. The summed E-state index contributed by atoms with van der Waals surface area (Å²) in [5.41, 5.74) is 13.3. The number of hydrogen-bond acceptors (Lipinski definition) is 6. The van der Waals surface area contributed by atoms with Crippen molar-refractivity contribution in [3.8, 4) is 0 Å². The van der Waals surface area contributed by atoms with Gasteiger partial charge in [0, 0.05) is 17.8 Å². The Hall–Kier alpha value is -1.95. The summed E-state index contributed by atoms with van der Waals surface area (Å²) in [6.07, 6.45) is 1.88. The van der Waals surface area contributed by atoms with E-state index in [2.05, 4.69) is 20.3 Å². The highest BCUT2D eigenvalue weighted by atomic mass is 15.3. The maximum absolute atomic E-state index is 5.99. The fraction of sp³-hybridized carbons (Fsp3) is 0.300. The molecule has 1 aromatic heterocycles. The van der Waals surface area contributed by atoms with Crippen LogP contribution in [0, 0.1) is 6.92 Å². The van der Waals surface area contributed by atoms with E-state index in [4.69, 9.17) is 11.5 Å². The van der Waals surface area contributed by atoms with Crippen LogP contribution in [0.25, 0.3) is 0 Å². The molecular formula is C10H14N6. The van der Waals surface area contributed by atoms with Crippen LogP contribution >= 0.6 is 0 Å². The standard InChI is InChI=1S/C10H14N6/c1-7-3-2-4-8(15-7)5-10(12)14-6-13-9(11)16-10/h2-4,6H,5,12H2,1H3,(H3,11,13,14,16). The van der Waals surface area contributed by atoms with Gasteiger partial charge in [-0.1, -0.05) is 6.07 Å². The van der Waals surface area contributed by atoms with Gasteiger partial charge in [0.25, 0.3) is 0 Å². The Morgan fingerprint density at radius 3 is 2.94 bits per heavy atom. The molecule has 2 rings (SSSR count). The lowest BCUT2D eigenvalue weighted by atomic mass is 10.1. The van der Waals surface area contributed by atoms with Crippen molar-refractivity contribution in [3.05, 3.63) is 29.6 Å². The summed E-state index contributed by atoms with van der Waals surface area (Å²) in [6, 6.07) is 5.75. The van der Waals surface area contributed by atoms with Crippen LogP contribution in [0.3, 0.4) is 0 Å². The van der Waals surface area contributed by atoms with E-state index in [1.165, 1.54) is 6.34 Å². The van der Waals surface area contributed by atoms with Crippen molar-refractivity contribution in [3.63, 3.8) is 0 Å². The molecule has 0 aromatic carbocycles.